The van der Waals surface area contributed by atoms with Crippen LogP contribution in [0.25, 0.3) is 11.3 Å². The average molecular weight is 352 g/mol. The van der Waals surface area contributed by atoms with Crippen molar-refractivity contribution in [3.05, 3.63) is 42.0 Å². The Balaban J connectivity index is 1.70. The molecular weight excluding hydrogens is 329 g/mol. The van der Waals surface area contributed by atoms with Gasteiger partial charge in [0.1, 0.15) is 5.76 Å². The van der Waals surface area contributed by atoms with Crippen molar-refractivity contribution in [1.29, 1.82) is 0 Å². The molecule has 0 spiro atoms. The first kappa shape index (κ1) is 17.9. The van der Waals surface area contributed by atoms with E-state index in [2.05, 4.69) is 16.7 Å². The van der Waals surface area contributed by atoms with E-state index >= 15 is 0 Å². The minimum Gasteiger partial charge on any atom is -0.441 e. The lowest BCUT2D eigenvalue weighted by atomic mass is 10.0. The number of anilines is 1. The first-order valence-corrected chi connectivity index (χ1v) is 8.61. The normalized spacial score (nSPS) is 17.0. The summed E-state index contributed by atoms with van der Waals surface area (Å²) < 4.78 is 43.9. The molecule has 1 aliphatic heterocycles. The molecular formula is C19H23F3N2O. The number of nitrogens with zero attached hydrogens (tertiary/aromatic N) is 2. The predicted octanol–water partition coefficient (Wildman–Crippen LogP) is 4.89. The lowest BCUT2D eigenvalue weighted by Gasteiger charge is -2.36. The Morgan fingerprint density at radius 3 is 2.28 bits per heavy atom. The van der Waals surface area contributed by atoms with Gasteiger partial charge in [0.2, 0.25) is 0 Å². The first-order valence-electron chi connectivity index (χ1n) is 8.61. The number of alkyl halides is 3. The topological polar surface area (TPSA) is 19.6 Å². The van der Waals surface area contributed by atoms with Gasteiger partial charge in [-0.05, 0) is 37.6 Å². The van der Waals surface area contributed by atoms with Crippen molar-refractivity contribution in [2.75, 3.05) is 31.6 Å². The Labute approximate surface area is 146 Å². The molecule has 1 fully saturated rings. The number of furan rings is 1. The quantitative estimate of drug-likeness (QED) is 0.781. The zero-order valence-corrected chi connectivity index (χ0v) is 14.5. The fourth-order valence-corrected chi connectivity index (χ4v) is 3.30. The van der Waals surface area contributed by atoms with E-state index in [4.69, 9.17) is 4.42 Å². The van der Waals surface area contributed by atoms with Crippen LogP contribution in [0.5, 0.6) is 0 Å². The smallest absolute Gasteiger partial charge is 0.416 e. The molecule has 136 valence electrons. The van der Waals surface area contributed by atoms with Crippen molar-refractivity contribution < 1.29 is 17.6 Å². The predicted molar refractivity (Wildman–Crippen MR) is 92.7 cm³/mol. The molecule has 1 aliphatic rings. The van der Waals surface area contributed by atoms with Crippen molar-refractivity contribution in [3.8, 4) is 11.3 Å². The molecule has 3 nitrogen and oxygen atoms in total. The maximum absolute atomic E-state index is 12.7. The van der Waals surface area contributed by atoms with Gasteiger partial charge in [-0.1, -0.05) is 19.1 Å². The molecule has 0 unspecified atom stereocenters. The van der Waals surface area contributed by atoms with Crippen molar-refractivity contribution >= 4 is 5.88 Å². The maximum Gasteiger partial charge on any atom is 0.416 e. The van der Waals surface area contributed by atoms with Crippen LogP contribution in [0.2, 0.25) is 0 Å². The standard InChI is InChI=1S/C19H23F3N2O/c1-3-24-12-10-16(11-13-24)23(2)18-9-8-17(25-18)14-4-6-15(7-5-14)19(20,21)22/h4-9,16H,3,10-13H2,1-2H3. The maximum atomic E-state index is 12.7. The number of hydrogen-bond donors (Lipinski definition) is 0. The molecule has 1 aromatic heterocycles. The van der Waals surface area contributed by atoms with Gasteiger partial charge >= 0.3 is 6.18 Å². The van der Waals surface area contributed by atoms with Crippen molar-refractivity contribution in [3.63, 3.8) is 0 Å². The lowest BCUT2D eigenvalue weighted by molar-refractivity contribution is -0.137. The highest BCUT2D eigenvalue weighted by molar-refractivity contribution is 5.60. The monoisotopic (exact) mass is 352 g/mol. The SMILES string of the molecule is CCN1CCC(N(C)c2ccc(-c3ccc(C(F)(F)F)cc3)o2)CC1. The summed E-state index contributed by atoms with van der Waals surface area (Å²) in [5, 5.41) is 0. The highest BCUT2D eigenvalue weighted by Crippen LogP contribution is 2.33. The number of rotatable bonds is 4. The summed E-state index contributed by atoms with van der Waals surface area (Å²) in [7, 11) is 2.02. The molecule has 0 radical (unpaired) electrons. The molecule has 0 N–H and O–H groups in total. The van der Waals surface area contributed by atoms with E-state index in [0.29, 0.717) is 17.4 Å². The highest BCUT2D eigenvalue weighted by Gasteiger charge is 2.30. The highest BCUT2D eigenvalue weighted by atomic mass is 19.4. The van der Waals surface area contributed by atoms with E-state index < -0.39 is 11.7 Å². The summed E-state index contributed by atoms with van der Waals surface area (Å²) >= 11 is 0. The molecule has 1 saturated heterocycles. The Morgan fingerprint density at radius 2 is 1.72 bits per heavy atom. The lowest BCUT2D eigenvalue weighted by Crippen LogP contribution is -2.43. The Kier molecular flexibility index (Phi) is 5.08. The van der Waals surface area contributed by atoms with Crippen molar-refractivity contribution in [1.82, 2.24) is 4.90 Å². The van der Waals surface area contributed by atoms with E-state index in [1.165, 1.54) is 12.1 Å². The Morgan fingerprint density at radius 1 is 1.08 bits per heavy atom. The second kappa shape index (κ2) is 7.12. The van der Waals surface area contributed by atoms with Crippen LogP contribution in [-0.4, -0.2) is 37.6 Å². The summed E-state index contributed by atoms with van der Waals surface area (Å²) in [5.74, 6) is 1.34. The van der Waals surface area contributed by atoms with E-state index in [0.717, 1.165) is 50.5 Å². The fourth-order valence-electron chi connectivity index (χ4n) is 3.30. The summed E-state index contributed by atoms with van der Waals surface area (Å²) in [5.41, 5.74) is -0.00344. The van der Waals surface area contributed by atoms with Crippen LogP contribution < -0.4 is 4.90 Å². The van der Waals surface area contributed by atoms with Crippen LogP contribution in [0.1, 0.15) is 25.3 Å². The molecule has 3 rings (SSSR count). The van der Waals surface area contributed by atoms with Crippen LogP contribution in [0.15, 0.2) is 40.8 Å². The number of hydrogen-bond acceptors (Lipinski definition) is 3. The summed E-state index contributed by atoms with van der Waals surface area (Å²) in [6.07, 6.45) is -2.15. The summed E-state index contributed by atoms with van der Waals surface area (Å²) in [4.78, 5) is 4.57. The third-order valence-electron chi connectivity index (χ3n) is 4.99. The number of benzene rings is 1. The second-order valence-electron chi connectivity index (χ2n) is 6.49. The van der Waals surface area contributed by atoms with Gasteiger partial charge in [0.05, 0.1) is 5.56 Å². The van der Waals surface area contributed by atoms with Crippen LogP contribution >= 0.6 is 0 Å². The van der Waals surface area contributed by atoms with Gasteiger partial charge < -0.3 is 14.2 Å². The van der Waals surface area contributed by atoms with Crippen LogP contribution in [0, 0.1) is 0 Å². The number of piperidine rings is 1. The number of halogens is 3. The fraction of sp³-hybridized carbons (Fsp3) is 0.474. The molecule has 2 heterocycles. The number of likely N-dealkylation sites (tertiary alicyclic amines) is 1. The Bertz CT molecular complexity index is 685. The minimum atomic E-state index is -4.32. The van der Waals surface area contributed by atoms with Gasteiger partial charge in [0.15, 0.2) is 5.88 Å². The largest absolute Gasteiger partial charge is 0.441 e. The van der Waals surface area contributed by atoms with E-state index in [9.17, 15) is 13.2 Å². The van der Waals surface area contributed by atoms with Crippen LogP contribution in [0.4, 0.5) is 19.1 Å². The van der Waals surface area contributed by atoms with Gasteiger partial charge in [0, 0.05) is 37.8 Å². The van der Waals surface area contributed by atoms with Crippen molar-refractivity contribution in [2.45, 2.75) is 32.0 Å². The third kappa shape index (κ3) is 4.00. The molecule has 0 aliphatic carbocycles. The molecule has 2 aromatic rings. The zero-order valence-electron chi connectivity index (χ0n) is 14.5. The van der Waals surface area contributed by atoms with Crippen LogP contribution in [0.3, 0.4) is 0 Å². The van der Waals surface area contributed by atoms with Gasteiger partial charge in [-0.2, -0.15) is 13.2 Å². The van der Waals surface area contributed by atoms with Gasteiger partial charge in [0.25, 0.3) is 0 Å². The van der Waals surface area contributed by atoms with E-state index in [1.807, 2.05) is 19.2 Å². The summed E-state index contributed by atoms with van der Waals surface area (Å²) in [6, 6.07) is 9.20. The molecule has 0 atom stereocenters. The van der Waals surface area contributed by atoms with E-state index in [1.54, 1.807) is 0 Å². The summed E-state index contributed by atoms with van der Waals surface area (Å²) in [6.45, 7) is 5.41. The second-order valence-corrected chi connectivity index (χ2v) is 6.49. The Hall–Kier alpha value is -1.95. The molecule has 0 saturated carbocycles. The van der Waals surface area contributed by atoms with Gasteiger partial charge in [-0.25, -0.2) is 0 Å². The van der Waals surface area contributed by atoms with Gasteiger partial charge in [-0.3, -0.25) is 0 Å². The molecule has 6 heteroatoms. The average Bonchev–Trinajstić information content (AvgIpc) is 3.10. The first-order chi connectivity index (χ1) is 11.9. The van der Waals surface area contributed by atoms with Gasteiger partial charge in [-0.15, -0.1) is 0 Å². The zero-order chi connectivity index (χ0) is 18.0. The minimum absolute atomic E-state index is 0.425. The molecule has 25 heavy (non-hydrogen) atoms. The van der Waals surface area contributed by atoms with Crippen LogP contribution in [-0.2, 0) is 6.18 Å². The molecule has 0 bridgehead atoms. The molecule has 1 aromatic carbocycles. The van der Waals surface area contributed by atoms with Crippen molar-refractivity contribution in [2.24, 2.45) is 0 Å². The molecule has 0 amide bonds. The van der Waals surface area contributed by atoms with E-state index in [-0.39, 0.29) is 0 Å². The third-order valence-corrected chi connectivity index (χ3v) is 4.99.